The van der Waals surface area contributed by atoms with Crippen molar-refractivity contribution in [1.82, 2.24) is 14.7 Å². The van der Waals surface area contributed by atoms with Crippen molar-refractivity contribution in [2.24, 2.45) is 11.7 Å². The van der Waals surface area contributed by atoms with Crippen molar-refractivity contribution in [2.45, 2.75) is 19.4 Å². The number of likely N-dealkylation sites (tertiary alicyclic amines) is 1. The van der Waals surface area contributed by atoms with E-state index in [-0.39, 0.29) is 5.91 Å². The van der Waals surface area contributed by atoms with Crippen LogP contribution >= 0.6 is 0 Å². The zero-order valence-electron chi connectivity index (χ0n) is 14.8. The Hall–Kier alpha value is -1.43. The highest BCUT2D eigenvalue weighted by Crippen LogP contribution is 2.18. The normalized spacial score (nSPS) is 21.2. The lowest BCUT2D eigenvalue weighted by molar-refractivity contribution is 0.0693. The summed E-state index contributed by atoms with van der Waals surface area (Å²) in [6, 6.07) is 8.20. The number of carbonyl (C=O) groups excluding carboxylic acids is 1. The van der Waals surface area contributed by atoms with Crippen LogP contribution in [0.4, 0.5) is 0 Å². The molecule has 2 aliphatic heterocycles. The third kappa shape index (κ3) is 4.35. The van der Waals surface area contributed by atoms with Crippen LogP contribution in [-0.2, 0) is 6.54 Å². The number of hydrogen-bond acceptors (Lipinski definition) is 4. The molecular weight excluding hydrogens is 300 g/mol. The summed E-state index contributed by atoms with van der Waals surface area (Å²) < 4.78 is 0. The van der Waals surface area contributed by atoms with Gasteiger partial charge in [-0.25, -0.2) is 0 Å². The van der Waals surface area contributed by atoms with Gasteiger partial charge in [-0.3, -0.25) is 9.69 Å². The van der Waals surface area contributed by atoms with Crippen LogP contribution in [0, 0.1) is 5.92 Å². The van der Waals surface area contributed by atoms with E-state index < -0.39 is 0 Å². The number of hydrogen-bond donors (Lipinski definition) is 1. The summed E-state index contributed by atoms with van der Waals surface area (Å²) in [4.78, 5) is 19.4. The van der Waals surface area contributed by atoms with E-state index >= 15 is 0 Å². The molecule has 1 aromatic rings. The molecule has 3 rings (SSSR count). The Kier molecular flexibility index (Phi) is 5.87. The standard InChI is InChI=1S/C19H30N4O/c1-21-10-12-22(13-11-21)15-17-2-4-18(5-3-17)19(24)23-8-6-16(14-20)7-9-23/h2-5,16H,6-15,20H2,1H3. The third-order valence-electron chi connectivity index (χ3n) is 5.44. The quantitative estimate of drug-likeness (QED) is 0.903. The molecule has 0 unspecified atom stereocenters. The zero-order chi connectivity index (χ0) is 16.9. The molecule has 0 saturated carbocycles. The van der Waals surface area contributed by atoms with Gasteiger partial charge in [-0.1, -0.05) is 12.1 Å². The van der Waals surface area contributed by atoms with Gasteiger partial charge >= 0.3 is 0 Å². The first kappa shape index (κ1) is 17.4. The molecule has 2 saturated heterocycles. The van der Waals surface area contributed by atoms with Crippen LogP contribution in [0.1, 0.15) is 28.8 Å². The highest BCUT2D eigenvalue weighted by atomic mass is 16.2. The van der Waals surface area contributed by atoms with E-state index in [4.69, 9.17) is 5.73 Å². The number of likely N-dealkylation sites (N-methyl/N-ethyl adjacent to an activating group) is 1. The molecule has 1 amide bonds. The highest BCUT2D eigenvalue weighted by Gasteiger charge is 2.22. The second-order valence-corrected chi connectivity index (χ2v) is 7.25. The maximum atomic E-state index is 12.6. The first-order chi connectivity index (χ1) is 11.7. The van der Waals surface area contributed by atoms with E-state index in [2.05, 4.69) is 29.0 Å². The van der Waals surface area contributed by atoms with Gasteiger partial charge in [-0.2, -0.15) is 0 Å². The lowest BCUT2D eigenvalue weighted by Gasteiger charge is -2.32. The Morgan fingerprint density at radius 3 is 2.25 bits per heavy atom. The molecule has 2 N–H and O–H groups in total. The SMILES string of the molecule is CN1CCN(Cc2ccc(C(=O)N3CCC(CN)CC3)cc2)CC1. The topological polar surface area (TPSA) is 52.8 Å². The summed E-state index contributed by atoms with van der Waals surface area (Å²) in [7, 11) is 2.17. The zero-order valence-corrected chi connectivity index (χ0v) is 14.8. The van der Waals surface area contributed by atoms with E-state index in [1.165, 1.54) is 5.56 Å². The second kappa shape index (κ2) is 8.10. The molecule has 0 aromatic heterocycles. The van der Waals surface area contributed by atoms with Gasteiger partial charge in [0.05, 0.1) is 0 Å². The smallest absolute Gasteiger partial charge is 0.253 e. The predicted octanol–water partition coefficient (Wildman–Crippen LogP) is 1.24. The van der Waals surface area contributed by atoms with Crippen LogP contribution in [-0.4, -0.2) is 73.5 Å². The summed E-state index contributed by atoms with van der Waals surface area (Å²) in [5.74, 6) is 0.747. The Bertz CT molecular complexity index is 529. The predicted molar refractivity (Wildman–Crippen MR) is 96.9 cm³/mol. The lowest BCUT2D eigenvalue weighted by atomic mass is 9.96. The average molecular weight is 330 g/mol. The van der Waals surface area contributed by atoms with Crippen LogP contribution in [0.3, 0.4) is 0 Å². The van der Waals surface area contributed by atoms with Crippen molar-refractivity contribution in [3.63, 3.8) is 0 Å². The summed E-state index contributed by atoms with van der Waals surface area (Å²) in [6.45, 7) is 7.89. The van der Waals surface area contributed by atoms with Gasteiger partial charge in [0, 0.05) is 51.4 Å². The number of amides is 1. The number of piperidine rings is 1. The number of rotatable bonds is 4. The molecule has 24 heavy (non-hydrogen) atoms. The molecular formula is C19H30N4O. The Morgan fingerprint density at radius 1 is 1.04 bits per heavy atom. The molecule has 5 heteroatoms. The molecule has 2 fully saturated rings. The average Bonchev–Trinajstić information content (AvgIpc) is 2.64. The number of nitrogens with two attached hydrogens (primary N) is 1. The van der Waals surface area contributed by atoms with Crippen LogP contribution in [0.5, 0.6) is 0 Å². The van der Waals surface area contributed by atoms with Gasteiger partial charge in [0.25, 0.3) is 5.91 Å². The molecule has 0 radical (unpaired) electrons. The molecule has 2 aliphatic rings. The molecule has 5 nitrogen and oxygen atoms in total. The van der Waals surface area contributed by atoms with E-state index in [0.717, 1.165) is 70.8 Å². The van der Waals surface area contributed by atoms with Gasteiger partial charge in [-0.05, 0) is 50.0 Å². The molecule has 0 aliphatic carbocycles. The van der Waals surface area contributed by atoms with Crippen LogP contribution < -0.4 is 5.73 Å². The highest BCUT2D eigenvalue weighted by molar-refractivity contribution is 5.94. The molecule has 0 atom stereocenters. The van der Waals surface area contributed by atoms with Gasteiger partial charge in [0.2, 0.25) is 0 Å². The fourth-order valence-electron chi connectivity index (χ4n) is 3.57. The maximum absolute atomic E-state index is 12.6. The van der Waals surface area contributed by atoms with E-state index in [1.807, 2.05) is 17.0 Å². The van der Waals surface area contributed by atoms with E-state index in [1.54, 1.807) is 0 Å². The van der Waals surface area contributed by atoms with Gasteiger partial charge in [0.15, 0.2) is 0 Å². The summed E-state index contributed by atoms with van der Waals surface area (Å²) in [5.41, 5.74) is 7.83. The number of carbonyl (C=O) groups is 1. The van der Waals surface area contributed by atoms with Crippen LogP contribution in [0.15, 0.2) is 24.3 Å². The third-order valence-corrected chi connectivity index (χ3v) is 5.44. The van der Waals surface area contributed by atoms with Crippen molar-refractivity contribution in [1.29, 1.82) is 0 Å². The van der Waals surface area contributed by atoms with Crippen molar-refractivity contribution < 1.29 is 4.79 Å². The first-order valence-corrected chi connectivity index (χ1v) is 9.15. The van der Waals surface area contributed by atoms with Gasteiger partial charge in [-0.15, -0.1) is 0 Å². The van der Waals surface area contributed by atoms with Crippen molar-refractivity contribution >= 4 is 5.91 Å². The Balaban J connectivity index is 1.53. The minimum absolute atomic E-state index is 0.164. The van der Waals surface area contributed by atoms with Crippen LogP contribution in [0.25, 0.3) is 0 Å². The monoisotopic (exact) mass is 330 g/mol. The van der Waals surface area contributed by atoms with Gasteiger partial charge < -0.3 is 15.5 Å². The first-order valence-electron chi connectivity index (χ1n) is 9.15. The number of nitrogens with zero attached hydrogens (tertiary/aromatic N) is 3. The molecule has 1 aromatic carbocycles. The molecule has 2 heterocycles. The fraction of sp³-hybridized carbons (Fsp3) is 0.632. The largest absolute Gasteiger partial charge is 0.339 e. The molecule has 0 bridgehead atoms. The molecule has 132 valence electrons. The maximum Gasteiger partial charge on any atom is 0.253 e. The van der Waals surface area contributed by atoms with Gasteiger partial charge in [0.1, 0.15) is 0 Å². The Morgan fingerprint density at radius 2 is 1.67 bits per heavy atom. The Labute approximate surface area is 145 Å². The minimum Gasteiger partial charge on any atom is -0.339 e. The summed E-state index contributed by atoms with van der Waals surface area (Å²) >= 11 is 0. The minimum atomic E-state index is 0.164. The fourth-order valence-corrected chi connectivity index (χ4v) is 3.57. The van der Waals surface area contributed by atoms with E-state index in [9.17, 15) is 4.79 Å². The van der Waals surface area contributed by atoms with Crippen molar-refractivity contribution in [3.05, 3.63) is 35.4 Å². The molecule has 0 spiro atoms. The lowest BCUT2D eigenvalue weighted by Crippen LogP contribution is -2.43. The van der Waals surface area contributed by atoms with Crippen LogP contribution in [0.2, 0.25) is 0 Å². The summed E-state index contributed by atoms with van der Waals surface area (Å²) in [6.07, 6.45) is 2.06. The number of piperazine rings is 1. The number of benzene rings is 1. The second-order valence-electron chi connectivity index (χ2n) is 7.25. The van der Waals surface area contributed by atoms with E-state index in [0.29, 0.717) is 5.92 Å². The van der Waals surface area contributed by atoms with Crippen molar-refractivity contribution in [3.8, 4) is 0 Å². The summed E-state index contributed by atoms with van der Waals surface area (Å²) in [5, 5.41) is 0. The van der Waals surface area contributed by atoms with Crippen molar-refractivity contribution in [2.75, 3.05) is 52.9 Å².